The SMILES string of the molecule is CN1CCN(C2Cc3ccccc3Sc3ccc(I)cc32)CC1.CS(=O)(=O)O.O. The first-order valence-electron chi connectivity index (χ1n) is 9.11. The van der Waals surface area contributed by atoms with E-state index in [0.29, 0.717) is 12.3 Å². The van der Waals surface area contributed by atoms with Crippen molar-refractivity contribution in [3.8, 4) is 0 Å². The number of benzene rings is 2. The lowest BCUT2D eigenvalue weighted by Crippen LogP contribution is -2.46. The van der Waals surface area contributed by atoms with Crippen LogP contribution in [0, 0.1) is 3.57 Å². The maximum Gasteiger partial charge on any atom is 0.261 e. The summed E-state index contributed by atoms with van der Waals surface area (Å²) in [5.74, 6) is 0. The minimum atomic E-state index is -3.67. The molecule has 1 fully saturated rings. The van der Waals surface area contributed by atoms with E-state index in [2.05, 4.69) is 81.9 Å². The van der Waals surface area contributed by atoms with E-state index in [1.54, 1.807) is 0 Å². The van der Waals surface area contributed by atoms with Crippen molar-refractivity contribution in [2.45, 2.75) is 22.3 Å². The summed E-state index contributed by atoms with van der Waals surface area (Å²) in [6.07, 6.45) is 1.84. The molecule has 1 saturated heterocycles. The van der Waals surface area contributed by atoms with E-state index in [-0.39, 0.29) is 5.48 Å². The van der Waals surface area contributed by atoms with Gasteiger partial charge in [-0.25, -0.2) is 0 Å². The van der Waals surface area contributed by atoms with Gasteiger partial charge in [0.1, 0.15) is 0 Å². The highest BCUT2D eigenvalue weighted by molar-refractivity contribution is 14.1. The van der Waals surface area contributed by atoms with Crippen LogP contribution in [0.3, 0.4) is 0 Å². The third kappa shape index (κ3) is 7.20. The monoisotopic (exact) mass is 550 g/mol. The molecule has 2 aliphatic rings. The van der Waals surface area contributed by atoms with Crippen molar-refractivity contribution >= 4 is 44.5 Å². The predicted octanol–water partition coefficient (Wildman–Crippen LogP) is 2.97. The first kappa shape index (κ1) is 24.6. The van der Waals surface area contributed by atoms with Crippen molar-refractivity contribution < 1.29 is 18.4 Å². The number of nitrogens with zero attached hydrogens (tertiary/aromatic N) is 2. The highest BCUT2D eigenvalue weighted by Crippen LogP contribution is 2.43. The molecule has 0 aromatic heterocycles. The standard InChI is InChI=1S/C19H21IN2S.CH4O3S.H2O/c1-21-8-10-22(11-9-21)17-12-14-4-2-3-5-18(14)23-19-7-6-15(20)13-16(17)19;1-5(2,3)4;/h2-7,13,17H,8-12H2,1H3;1H3,(H,2,3,4);1H2. The van der Waals surface area contributed by atoms with Gasteiger partial charge in [0.2, 0.25) is 0 Å². The van der Waals surface area contributed by atoms with Crippen LogP contribution < -0.4 is 0 Å². The Kier molecular flexibility index (Phi) is 8.95. The molecule has 6 nitrogen and oxygen atoms in total. The molecule has 0 amide bonds. The third-order valence-electron chi connectivity index (χ3n) is 4.92. The number of halogens is 1. The van der Waals surface area contributed by atoms with E-state index >= 15 is 0 Å². The number of hydrogen-bond donors (Lipinski definition) is 1. The van der Waals surface area contributed by atoms with Crippen LogP contribution in [0.5, 0.6) is 0 Å². The van der Waals surface area contributed by atoms with Crippen molar-refractivity contribution in [3.05, 3.63) is 57.2 Å². The molecular formula is C20H27IN2O4S2. The van der Waals surface area contributed by atoms with E-state index in [9.17, 15) is 8.42 Å². The fourth-order valence-corrected chi connectivity index (χ4v) is 5.17. The van der Waals surface area contributed by atoms with E-state index in [1.807, 2.05) is 11.8 Å². The van der Waals surface area contributed by atoms with Crippen LogP contribution in [0.1, 0.15) is 17.2 Å². The first-order chi connectivity index (χ1) is 13.2. The molecule has 0 radical (unpaired) electrons. The Morgan fingerprint density at radius 3 is 2.34 bits per heavy atom. The summed E-state index contributed by atoms with van der Waals surface area (Å²) in [4.78, 5) is 7.98. The van der Waals surface area contributed by atoms with Gasteiger partial charge in [0, 0.05) is 45.6 Å². The van der Waals surface area contributed by atoms with Crippen molar-refractivity contribution in [1.29, 1.82) is 0 Å². The molecule has 2 aromatic rings. The van der Waals surface area contributed by atoms with Gasteiger partial charge < -0.3 is 10.4 Å². The highest BCUT2D eigenvalue weighted by atomic mass is 127. The summed E-state index contributed by atoms with van der Waals surface area (Å²) in [5, 5.41) is 0. The zero-order valence-electron chi connectivity index (χ0n) is 16.5. The number of rotatable bonds is 1. The summed E-state index contributed by atoms with van der Waals surface area (Å²) in [6, 6.07) is 16.4. The minimum Gasteiger partial charge on any atom is -0.412 e. The second kappa shape index (κ2) is 10.6. The average molecular weight is 550 g/mol. The Labute approximate surface area is 190 Å². The zero-order chi connectivity index (χ0) is 20.3. The van der Waals surface area contributed by atoms with Gasteiger partial charge in [0.05, 0.1) is 6.26 Å². The number of hydrogen-bond acceptors (Lipinski definition) is 5. The molecule has 0 aliphatic carbocycles. The van der Waals surface area contributed by atoms with E-state index in [1.165, 1.54) is 50.7 Å². The Bertz CT molecular complexity index is 924. The van der Waals surface area contributed by atoms with Gasteiger partial charge in [0.25, 0.3) is 10.1 Å². The quantitative estimate of drug-likeness (QED) is 0.434. The summed E-state index contributed by atoms with van der Waals surface area (Å²) < 4.78 is 27.2. The lowest BCUT2D eigenvalue weighted by molar-refractivity contribution is 0.110. The molecule has 0 saturated carbocycles. The summed E-state index contributed by atoms with van der Waals surface area (Å²) in [6.45, 7) is 4.67. The second-order valence-electron chi connectivity index (χ2n) is 7.18. The Morgan fingerprint density at radius 1 is 1.07 bits per heavy atom. The van der Waals surface area contributed by atoms with Gasteiger partial charge in [-0.15, -0.1) is 0 Å². The van der Waals surface area contributed by atoms with Crippen molar-refractivity contribution in [1.82, 2.24) is 9.80 Å². The van der Waals surface area contributed by atoms with Crippen molar-refractivity contribution in [2.75, 3.05) is 39.5 Å². The fraction of sp³-hybridized carbons (Fsp3) is 0.400. The van der Waals surface area contributed by atoms with Crippen LogP contribution in [0.25, 0.3) is 0 Å². The van der Waals surface area contributed by atoms with Crippen LogP contribution in [0.4, 0.5) is 0 Å². The van der Waals surface area contributed by atoms with Crippen LogP contribution in [-0.4, -0.2) is 67.7 Å². The average Bonchev–Trinajstić information content (AvgIpc) is 2.77. The molecule has 3 N–H and O–H groups in total. The Balaban J connectivity index is 0.000000450. The first-order valence-corrected chi connectivity index (χ1v) is 12.9. The van der Waals surface area contributed by atoms with Gasteiger partial charge in [-0.1, -0.05) is 30.0 Å². The predicted molar refractivity (Wildman–Crippen MR) is 126 cm³/mol. The molecule has 2 aliphatic heterocycles. The summed E-state index contributed by atoms with van der Waals surface area (Å²) in [7, 11) is -1.44. The molecule has 9 heteroatoms. The highest BCUT2D eigenvalue weighted by Gasteiger charge is 2.29. The van der Waals surface area contributed by atoms with Gasteiger partial charge >= 0.3 is 0 Å². The van der Waals surface area contributed by atoms with Crippen LogP contribution in [-0.2, 0) is 16.5 Å². The zero-order valence-corrected chi connectivity index (χ0v) is 20.3. The lowest BCUT2D eigenvalue weighted by Gasteiger charge is -2.38. The maximum absolute atomic E-state index is 9.19. The van der Waals surface area contributed by atoms with Crippen LogP contribution >= 0.6 is 34.4 Å². The third-order valence-corrected chi connectivity index (χ3v) is 6.80. The van der Waals surface area contributed by atoms with Crippen molar-refractivity contribution in [2.24, 2.45) is 0 Å². The van der Waals surface area contributed by atoms with E-state index in [4.69, 9.17) is 4.55 Å². The van der Waals surface area contributed by atoms with Crippen molar-refractivity contribution in [3.63, 3.8) is 0 Å². The fourth-order valence-electron chi connectivity index (χ4n) is 3.54. The molecule has 4 rings (SSSR count). The molecule has 160 valence electrons. The minimum absolute atomic E-state index is 0. The molecule has 0 bridgehead atoms. The molecule has 2 heterocycles. The molecule has 29 heavy (non-hydrogen) atoms. The normalized spacial score (nSPS) is 19.7. The molecule has 1 unspecified atom stereocenters. The Hall–Kier alpha value is -0.690. The van der Waals surface area contributed by atoms with Crippen LogP contribution in [0.2, 0.25) is 0 Å². The summed E-state index contributed by atoms with van der Waals surface area (Å²) in [5.41, 5.74) is 3.01. The number of piperazine rings is 1. The Morgan fingerprint density at radius 2 is 1.69 bits per heavy atom. The number of fused-ring (bicyclic) bond motifs is 2. The topological polar surface area (TPSA) is 92.4 Å². The van der Waals surface area contributed by atoms with Gasteiger partial charge in [-0.3, -0.25) is 9.45 Å². The molecule has 2 aromatic carbocycles. The molecule has 1 atom stereocenters. The van der Waals surface area contributed by atoms with E-state index < -0.39 is 10.1 Å². The smallest absolute Gasteiger partial charge is 0.261 e. The molecule has 0 spiro atoms. The molecular weight excluding hydrogens is 523 g/mol. The lowest BCUT2D eigenvalue weighted by atomic mass is 9.97. The van der Waals surface area contributed by atoms with Gasteiger partial charge in [0.15, 0.2) is 0 Å². The van der Waals surface area contributed by atoms with Gasteiger partial charge in [-0.2, -0.15) is 8.42 Å². The largest absolute Gasteiger partial charge is 0.412 e. The van der Waals surface area contributed by atoms with Crippen LogP contribution in [0.15, 0.2) is 52.3 Å². The summed E-state index contributed by atoms with van der Waals surface area (Å²) >= 11 is 4.39. The maximum atomic E-state index is 9.19. The van der Waals surface area contributed by atoms with Gasteiger partial charge in [-0.05, 0) is 71.5 Å². The number of likely N-dealkylation sites (N-methyl/N-ethyl adjacent to an activating group) is 1. The second-order valence-corrected chi connectivity index (χ2v) is 11.0. The van der Waals surface area contributed by atoms with E-state index in [0.717, 1.165) is 6.42 Å².